The zero-order chi connectivity index (χ0) is 19.4. The van der Waals surface area contributed by atoms with Gasteiger partial charge >= 0.3 is 0 Å². The summed E-state index contributed by atoms with van der Waals surface area (Å²) in [5.74, 6) is 0. The Kier molecular flexibility index (Phi) is 5.91. The summed E-state index contributed by atoms with van der Waals surface area (Å²) in [5, 5.41) is 11.8. The van der Waals surface area contributed by atoms with E-state index < -0.39 is 0 Å². The molecular weight excluding hydrogens is 352 g/mol. The highest BCUT2D eigenvalue weighted by molar-refractivity contribution is 7.80. The molecule has 0 aliphatic rings. The summed E-state index contributed by atoms with van der Waals surface area (Å²) in [6, 6.07) is 16.9. The minimum Gasteiger partial charge on any atom is -0.332 e. The lowest BCUT2D eigenvalue weighted by Crippen LogP contribution is -2.20. The van der Waals surface area contributed by atoms with Gasteiger partial charge in [0.15, 0.2) is 5.11 Å². The molecule has 27 heavy (non-hydrogen) atoms. The van der Waals surface area contributed by atoms with Crippen molar-refractivity contribution in [3.8, 4) is 0 Å². The van der Waals surface area contributed by atoms with Crippen molar-refractivity contribution in [3.63, 3.8) is 0 Å². The second-order valence-corrected chi connectivity index (χ2v) is 7.23. The van der Waals surface area contributed by atoms with E-state index >= 15 is 0 Å². The number of hydrogen-bond acceptors (Lipinski definition) is 2. The maximum absolute atomic E-state index is 5.49. The molecule has 2 aromatic carbocycles. The van der Waals surface area contributed by atoms with E-state index in [4.69, 9.17) is 12.2 Å². The molecule has 0 spiro atoms. The number of aromatic nitrogens is 2. The second kappa shape index (κ2) is 8.35. The Morgan fingerprint density at radius 2 is 1.56 bits per heavy atom. The highest BCUT2D eigenvalue weighted by Gasteiger charge is 2.13. The number of anilines is 2. The molecule has 3 aromatic rings. The summed E-state index contributed by atoms with van der Waals surface area (Å²) in [6.45, 7) is 9.05. The molecule has 0 atom stereocenters. The topological polar surface area (TPSA) is 41.9 Å². The molecule has 0 saturated heterocycles. The van der Waals surface area contributed by atoms with E-state index in [0.29, 0.717) is 5.11 Å². The van der Waals surface area contributed by atoms with Gasteiger partial charge in [0.2, 0.25) is 0 Å². The van der Waals surface area contributed by atoms with E-state index in [1.165, 1.54) is 16.7 Å². The van der Waals surface area contributed by atoms with Crippen molar-refractivity contribution in [2.45, 2.75) is 40.7 Å². The first-order valence-corrected chi connectivity index (χ1v) is 9.63. The van der Waals surface area contributed by atoms with Crippen LogP contribution in [-0.4, -0.2) is 14.9 Å². The first kappa shape index (κ1) is 19.1. The average Bonchev–Trinajstić information content (AvgIpc) is 2.91. The summed E-state index contributed by atoms with van der Waals surface area (Å²) >= 11 is 5.49. The first-order valence-electron chi connectivity index (χ1n) is 9.22. The van der Waals surface area contributed by atoms with Crippen molar-refractivity contribution in [1.82, 2.24) is 9.78 Å². The molecule has 4 nitrogen and oxygen atoms in total. The summed E-state index contributed by atoms with van der Waals surface area (Å²) in [4.78, 5) is 0. The molecule has 0 fully saturated rings. The van der Waals surface area contributed by atoms with Crippen molar-refractivity contribution < 1.29 is 0 Å². The van der Waals surface area contributed by atoms with Gasteiger partial charge in [-0.25, -0.2) is 0 Å². The zero-order valence-corrected chi connectivity index (χ0v) is 17.2. The lowest BCUT2D eigenvalue weighted by molar-refractivity contribution is 0.659. The molecule has 1 heterocycles. The predicted molar refractivity (Wildman–Crippen MR) is 118 cm³/mol. The van der Waals surface area contributed by atoms with Crippen molar-refractivity contribution >= 4 is 28.7 Å². The monoisotopic (exact) mass is 378 g/mol. The van der Waals surface area contributed by atoms with E-state index in [1.807, 2.05) is 23.7 Å². The Hall–Kier alpha value is -2.66. The first-order chi connectivity index (χ1) is 13.0. The third-order valence-electron chi connectivity index (χ3n) is 4.69. The number of nitrogens with zero attached hydrogens (tertiary/aromatic N) is 2. The van der Waals surface area contributed by atoms with Crippen LogP contribution < -0.4 is 10.6 Å². The molecule has 5 heteroatoms. The molecule has 0 bridgehead atoms. The van der Waals surface area contributed by atoms with Crippen molar-refractivity contribution in [1.29, 1.82) is 0 Å². The molecule has 140 valence electrons. The number of rotatable bonds is 5. The van der Waals surface area contributed by atoms with Crippen molar-refractivity contribution in [2.24, 2.45) is 0 Å². The van der Waals surface area contributed by atoms with E-state index in [0.717, 1.165) is 35.7 Å². The van der Waals surface area contributed by atoms with Crippen LogP contribution in [0.2, 0.25) is 0 Å². The van der Waals surface area contributed by atoms with E-state index in [9.17, 15) is 0 Å². The molecule has 0 unspecified atom stereocenters. The van der Waals surface area contributed by atoms with Gasteiger partial charge in [0.1, 0.15) is 0 Å². The molecule has 0 aliphatic heterocycles. The smallest absolute Gasteiger partial charge is 0.175 e. The third kappa shape index (κ3) is 4.74. The van der Waals surface area contributed by atoms with E-state index in [-0.39, 0.29) is 0 Å². The Labute approximate surface area is 166 Å². The van der Waals surface area contributed by atoms with Crippen LogP contribution in [0.5, 0.6) is 0 Å². The van der Waals surface area contributed by atoms with Gasteiger partial charge in [-0.15, -0.1) is 0 Å². The van der Waals surface area contributed by atoms with Gasteiger partial charge in [-0.1, -0.05) is 48.9 Å². The fourth-order valence-corrected chi connectivity index (χ4v) is 3.22. The highest BCUT2D eigenvalue weighted by atomic mass is 32.1. The van der Waals surface area contributed by atoms with Crippen LogP contribution in [0.1, 0.15) is 35.0 Å². The van der Waals surface area contributed by atoms with Crippen LogP contribution in [0, 0.1) is 20.8 Å². The van der Waals surface area contributed by atoms with Gasteiger partial charge in [0, 0.05) is 5.69 Å². The molecule has 2 N–H and O–H groups in total. The summed E-state index contributed by atoms with van der Waals surface area (Å²) in [7, 11) is 0. The number of aryl methyl sites for hydroxylation is 3. The normalized spacial score (nSPS) is 10.7. The lowest BCUT2D eigenvalue weighted by Gasteiger charge is -2.12. The quantitative estimate of drug-likeness (QED) is 0.597. The summed E-state index contributed by atoms with van der Waals surface area (Å²) < 4.78 is 2.01. The highest BCUT2D eigenvalue weighted by Crippen LogP contribution is 2.21. The average molecular weight is 379 g/mol. The Balaban J connectivity index is 1.69. The molecule has 1 aromatic heterocycles. The Morgan fingerprint density at radius 3 is 2.19 bits per heavy atom. The van der Waals surface area contributed by atoms with Crippen LogP contribution in [0.3, 0.4) is 0 Å². The van der Waals surface area contributed by atoms with Crippen LogP contribution in [-0.2, 0) is 13.0 Å². The fourth-order valence-electron chi connectivity index (χ4n) is 3.00. The molecule has 0 saturated carbocycles. The number of nitrogens with one attached hydrogen (secondary N) is 2. The molecule has 0 radical (unpaired) electrons. The maximum atomic E-state index is 5.49. The van der Waals surface area contributed by atoms with Gasteiger partial charge in [0.05, 0.1) is 23.6 Å². The number of hydrogen-bond donors (Lipinski definition) is 2. The summed E-state index contributed by atoms with van der Waals surface area (Å²) in [6.07, 6.45) is 1.03. The van der Waals surface area contributed by atoms with Crippen LogP contribution in [0.25, 0.3) is 0 Å². The third-order valence-corrected chi connectivity index (χ3v) is 4.90. The minimum atomic E-state index is 0.570. The Morgan fingerprint density at radius 1 is 0.926 bits per heavy atom. The number of benzene rings is 2. The van der Waals surface area contributed by atoms with Crippen LogP contribution in [0.15, 0.2) is 48.5 Å². The predicted octanol–water partition coefficient (Wildman–Crippen LogP) is 5.23. The SMILES string of the molecule is CCc1ccc(NC(=S)Nc2c(C)nn(Cc3ccc(C)cc3)c2C)cc1. The summed E-state index contributed by atoms with van der Waals surface area (Å²) in [5.41, 5.74) is 7.75. The van der Waals surface area contributed by atoms with E-state index in [2.05, 4.69) is 72.9 Å². The van der Waals surface area contributed by atoms with Crippen LogP contribution in [0.4, 0.5) is 11.4 Å². The van der Waals surface area contributed by atoms with E-state index in [1.54, 1.807) is 0 Å². The zero-order valence-electron chi connectivity index (χ0n) is 16.3. The lowest BCUT2D eigenvalue weighted by atomic mass is 10.1. The van der Waals surface area contributed by atoms with Crippen molar-refractivity contribution in [2.75, 3.05) is 10.6 Å². The van der Waals surface area contributed by atoms with Crippen LogP contribution >= 0.6 is 12.2 Å². The Bertz CT molecular complexity index is 924. The van der Waals surface area contributed by atoms with Crippen molar-refractivity contribution in [3.05, 3.63) is 76.6 Å². The minimum absolute atomic E-state index is 0.570. The number of thiocarbonyl (C=S) groups is 1. The molecule has 0 aliphatic carbocycles. The largest absolute Gasteiger partial charge is 0.332 e. The molecule has 3 rings (SSSR count). The van der Waals surface area contributed by atoms with Gasteiger partial charge in [-0.05, 0) is 62.7 Å². The van der Waals surface area contributed by atoms with Gasteiger partial charge in [-0.2, -0.15) is 5.10 Å². The fraction of sp³-hybridized carbons (Fsp3) is 0.273. The molecule has 0 amide bonds. The molecular formula is C22H26N4S. The van der Waals surface area contributed by atoms with Gasteiger partial charge in [0.25, 0.3) is 0 Å². The van der Waals surface area contributed by atoms with Gasteiger partial charge in [-0.3, -0.25) is 4.68 Å². The van der Waals surface area contributed by atoms with Gasteiger partial charge < -0.3 is 10.6 Å². The second-order valence-electron chi connectivity index (χ2n) is 6.82. The maximum Gasteiger partial charge on any atom is 0.175 e. The standard InChI is InChI=1S/C22H26N4S/c1-5-18-10-12-20(13-11-18)23-22(27)24-21-16(3)25-26(17(21)4)14-19-8-6-15(2)7-9-19/h6-13H,5,14H2,1-4H3,(H2,23,24,27).